The van der Waals surface area contributed by atoms with Gasteiger partial charge in [-0.1, -0.05) is 288 Å². The third kappa shape index (κ3) is 41.4. The molecule has 1 rings (SSSR count). The highest BCUT2D eigenvalue weighted by Crippen LogP contribution is 2.23. The van der Waals surface area contributed by atoms with Crippen molar-refractivity contribution in [3.63, 3.8) is 0 Å². The van der Waals surface area contributed by atoms with Crippen molar-refractivity contribution in [1.29, 1.82) is 0 Å². The normalized spacial score (nSPS) is 19.5. The summed E-state index contributed by atoms with van der Waals surface area (Å²) in [7, 11) is 0. The van der Waals surface area contributed by atoms with Crippen molar-refractivity contribution < 1.29 is 39.8 Å². The van der Waals surface area contributed by atoms with Gasteiger partial charge in [0.1, 0.15) is 24.4 Å². The summed E-state index contributed by atoms with van der Waals surface area (Å²) in [5, 5.41) is 54.2. The highest BCUT2D eigenvalue weighted by molar-refractivity contribution is 5.76. The van der Waals surface area contributed by atoms with Crippen molar-refractivity contribution in [2.75, 3.05) is 13.2 Å². The Bertz CT molecular complexity index is 1210. The van der Waals surface area contributed by atoms with E-state index in [-0.39, 0.29) is 12.5 Å². The van der Waals surface area contributed by atoms with Gasteiger partial charge in [0.2, 0.25) is 5.91 Å². The van der Waals surface area contributed by atoms with E-state index in [9.17, 15) is 30.3 Å². The molecule has 6 N–H and O–H groups in total. The van der Waals surface area contributed by atoms with Gasteiger partial charge >= 0.3 is 0 Å². The molecule has 0 aromatic rings. The zero-order valence-electron chi connectivity index (χ0n) is 46.5. The molecule has 0 spiro atoms. The molecule has 418 valence electrons. The molecule has 0 bridgehead atoms. The van der Waals surface area contributed by atoms with Crippen LogP contribution in [0.5, 0.6) is 0 Å². The van der Waals surface area contributed by atoms with Crippen LogP contribution in [-0.4, -0.2) is 87.5 Å². The number of hydrogen-bond donors (Lipinski definition) is 6. The van der Waals surface area contributed by atoms with Gasteiger partial charge in [0, 0.05) is 6.42 Å². The van der Waals surface area contributed by atoms with Gasteiger partial charge < -0.3 is 40.3 Å². The second kappa shape index (κ2) is 51.9. The maximum absolute atomic E-state index is 13.0. The smallest absolute Gasteiger partial charge is 0.220 e. The Hall–Kier alpha value is -1.59. The first-order chi connectivity index (χ1) is 34.8. The predicted molar refractivity (Wildman–Crippen MR) is 300 cm³/mol. The Labute approximate surface area is 438 Å². The molecule has 0 aliphatic carbocycles. The Morgan fingerprint density at radius 2 is 0.817 bits per heavy atom. The highest BCUT2D eigenvalue weighted by atomic mass is 16.7. The third-order valence-corrected chi connectivity index (χ3v) is 14.7. The second-order valence-corrected chi connectivity index (χ2v) is 21.5. The lowest BCUT2D eigenvalue weighted by atomic mass is 9.99. The summed E-state index contributed by atoms with van der Waals surface area (Å²) in [5.74, 6) is -0.189. The van der Waals surface area contributed by atoms with Crippen LogP contribution in [0.15, 0.2) is 36.5 Å². The fourth-order valence-electron chi connectivity index (χ4n) is 9.91. The molecule has 7 unspecified atom stereocenters. The molecule has 71 heavy (non-hydrogen) atoms. The first-order valence-corrected chi connectivity index (χ1v) is 30.7. The number of aliphatic hydroxyl groups is 5. The van der Waals surface area contributed by atoms with Crippen molar-refractivity contribution in [3.8, 4) is 0 Å². The van der Waals surface area contributed by atoms with Crippen LogP contribution in [0.3, 0.4) is 0 Å². The molecular weight excluding hydrogens is 887 g/mol. The first-order valence-electron chi connectivity index (χ1n) is 30.7. The second-order valence-electron chi connectivity index (χ2n) is 21.5. The van der Waals surface area contributed by atoms with Crippen LogP contribution in [0, 0.1) is 0 Å². The average molecular weight is 1000 g/mol. The molecule has 0 saturated carbocycles. The quantitative estimate of drug-likeness (QED) is 0.0261. The van der Waals surface area contributed by atoms with E-state index in [1.807, 2.05) is 6.08 Å². The van der Waals surface area contributed by atoms with E-state index in [1.54, 1.807) is 6.08 Å². The third-order valence-electron chi connectivity index (χ3n) is 14.7. The van der Waals surface area contributed by atoms with Crippen molar-refractivity contribution in [2.24, 2.45) is 0 Å². The zero-order valence-corrected chi connectivity index (χ0v) is 46.5. The van der Waals surface area contributed by atoms with Gasteiger partial charge in [0.25, 0.3) is 0 Å². The number of allylic oxidation sites excluding steroid dienone is 5. The van der Waals surface area contributed by atoms with Crippen LogP contribution in [0.25, 0.3) is 0 Å². The lowest BCUT2D eigenvalue weighted by molar-refractivity contribution is -0.302. The number of hydrogen-bond acceptors (Lipinski definition) is 8. The number of unbranched alkanes of at least 4 members (excludes halogenated alkanes) is 39. The molecule has 9 heteroatoms. The first kappa shape index (κ1) is 67.4. The van der Waals surface area contributed by atoms with Gasteiger partial charge in [-0.3, -0.25) is 4.79 Å². The van der Waals surface area contributed by atoms with Gasteiger partial charge in [-0.25, -0.2) is 0 Å². The summed E-state index contributed by atoms with van der Waals surface area (Å²) in [6.45, 7) is 3.65. The molecule has 1 heterocycles. The molecule has 1 aliphatic rings. The van der Waals surface area contributed by atoms with E-state index in [1.165, 1.54) is 225 Å². The van der Waals surface area contributed by atoms with Crippen molar-refractivity contribution in [3.05, 3.63) is 36.5 Å². The fourth-order valence-corrected chi connectivity index (χ4v) is 9.91. The van der Waals surface area contributed by atoms with Crippen LogP contribution >= 0.6 is 0 Å². The molecule has 0 aromatic heterocycles. The summed E-state index contributed by atoms with van der Waals surface area (Å²) in [5.41, 5.74) is 0. The number of aliphatic hydroxyl groups excluding tert-OH is 5. The van der Waals surface area contributed by atoms with Crippen molar-refractivity contribution in [2.45, 2.75) is 339 Å². The van der Waals surface area contributed by atoms with Gasteiger partial charge in [-0.05, 0) is 38.5 Å². The molecule has 1 aliphatic heterocycles. The minimum atomic E-state index is -1.57. The molecule has 7 atom stereocenters. The van der Waals surface area contributed by atoms with Gasteiger partial charge in [-0.2, -0.15) is 0 Å². The molecule has 1 amide bonds. The summed E-state index contributed by atoms with van der Waals surface area (Å²) in [4.78, 5) is 13.0. The average Bonchev–Trinajstić information content (AvgIpc) is 3.37. The van der Waals surface area contributed by atoms with Crippen LogP contribution in [0.2, 0.25) is 0 Å². The number of carbonyl (C=O) groups excluding carboxylic acids is 1. The zero-order chi connectivity index (χ0) is 51.5. The van der Waals surface area contributed by atoms with E-state index >= 15 is 0 Å². The lowest BCUT2D eigenvalue weighted by Crippen LogP contribution is -2.60. The van der Waals surface area contributed by atoms with E-state index in [0.29, 0.717) is 6.42 Å². The van der Waals surface area contributed by atoms with Crippen molar-refractivity contribution in [1.82, 2.24) is 5.32 Å². The van der Waals surface area contributed by atoms with E-state index < -0.39 is 49.5 Å². The summed E-state index contributed by atoms with van der Waals surface area (Å²) in [6, 6.07) is -0.824. The Kier molecular flexibility index (Phi) is 49.3. The molecule has 9 nitrogen and oxygen atoms in total. The van der Waals surface area contributed by atoms with Gasteiger partial charge in [0.15, 0.2) is 6.29 Å². The lowest BCUT2D eigenvalue weighted by Gasteiger charge is -2.40. The number of rotatable bonds is 53. The topological polar surface area (TPSA) is 149 Å². The van der Waals surface area contributed by atoms with Crippen LogP contribution in [-0.2, 0) is 14.3 Å². The molecule has 0 radical (unpaired) electrons. The van der Waals surface area contributed by atoms with Gasteiger partial charge in [0.05, 0.1) is 25.4 Å². The molecular formula is C62H117NO8. The standard InChI is InChI=1S/C62H117NO8/c1-3-5-7-9-11-13-15-16-17-18-19-20-21-22-23-24-25-26-27-28-29-30-31-32-33-34-35-36-37-38-39-40-41-42-44-46-48-50-52-58(66)63-55(54-70-62-61(69)60(68)59(67)57(53-64)71-62)56(65)51-49-47-45-43-14-12-10-8-6-4-2/h6,8,14,43,49,51,55-57,59-62,64-65,67-69H,3-5,7,9-13,15-42,44-48,50,52-54H2,1-2H3,(H,63,66)/b8-6+,43-14+,51-49+. The summed E-state index contributed by atoms with van der Waals surface area (Å²) in [6.07, 6.45) is 61.5. The van der Waals surface area contributed by atoms with Crippen molar-refractivity contribution >= 4 is 5.91 Å². The van der Waals surface area contributed by atoms with Crippen LogP contribution in [0.4, 0.5) is 0 Å². The Morgan fingerprint density at radius 1 is 0.479 bits per heavy atom. The van der Waals surface area contributed by atoms with E-state index in [0.717, 1.165) is 51.4 Å². The monoisotopic (exact) mass is 1000 g/mol. The minimum absolute atomic E-state index is 0.189. The molecule has 0 aromatic carbocycles. The largest absolute Gasteiger partial charge is 0.394 e. The highest BCUT2D eigenvalue weighted by Gasteiger charge is 2.44. The van der Waals surface area contributed by atoms with Gasteiger partial charge in [-0.15, -0.1) is 0 Å². The van der Waals surface area contributed by atoms with Crippen LogP contribution in [0.1, 0.15) is 296 Å². The number of amides is 1. The Morgan fingerprint density at radius 3 is 1.17 bits per heavy atom. The Balaban J connectivity index is 1.99. The van der Waals surface area contributed by atoms with E-state index in [4.69, 9.17) is 9.47 Å². The minimum Gasteiger partial charge on any atom is -0.394 e. The maximum atomic E-state index is 13.0. The summed E-state index contributed by atoms with van der Waals surface area (Å²) < 4.78 is 11.2. The number of ether oxygens (including phenoxy) is 2. The maximum Gasteiger partial charge on any atom is 0.220 e. The van der Waals surface area contributed by atoms with E-state index in [2.05, 4.69) is 43.5 Å². The molecule has 1 saturated heterocycles. The predicted octanol–water partition coefficient (Wildman–Crippen LogP) is 15.5. The fraction of sp³-hybridized carbons (Fsp3) is 0.887. The SMILES string of the molecule is CC/C=C/CC/C=C/CC/C=C/C(O)C(COC1OC(CO)C(O)C(O)C1O)NC(=O)CCCCCCCCCCCCCCCCCCCCCCCCCCCCCCCCCCCCCCCC. The summed E-state index contributed by atoms with van der Waals surface area (Å²) >= 11 is 0. The van der Waals surface area contributed by atoms with Crippen LogP contribution < -0.4 is 5.32 Å². The number of nitrogens with one attached hydrogen (secondary N) is 1. The molecule has 1 fully saturated rings. The number of carbonyl (C=O) groups is 1.